The van der Waals surface area contributed by atoms with Crippen LogP contribution in [0.3, 0.4) is 0 Å². The SMILES string of the molecule is Cc1c(Cl)cccc1-n1c(SCc2nc3ccccc3c(=O)n2C)nnc1-c1ccncc1. The molecule has 0 spiro atoms. The van der Waals surface area contributed by atoms with Crippen LogP contribution in [0.15, 0.2) is 76.9 Å². The van der Waals surface area contributed by atoms with Crippen LogP contribution < -0.4 is 5.56 Å². The van der Waals surface area contributed by atoms with Gasteiger partial charge in [0, 0.05) is 30.0 Å². The summed E-state index contributed by atoms with van der Waals surface area (Å²) in [5, 5.41) is 10.9. The number of rotatable bonds is 5. The van der Waals surface area contributed by atoms with Crippen LogP contribution in [0.25, 0.3) is 28.0 Å². The molecule has 3 heterocycles. The molecule has 3 aromatic heterocycles. The Morgan fingerprint density at radius 3 is 2.61 bits per heavy atom. The fourth-order valence-corrected chi connectivity index (χ4v) is 4.73. The van der Waals surface area contributed by atoms with Gasteiger partial charge in [0.2, 0.25) is 0 Å². The summed E-state index contributed by atoms with van der Waals surface area (Å²) in [5.74, 6) is 1.79. The van der Waals surface area contributed by atoms with Crippen molar-refractivity contribution in [3.63, 3.8) is 0 Å². The molecule has 33 heavy (non-hydrogen) atoms. The van der Waals surface area contributed by atoms with E-state index in [4.69, 9.17) is 16.6 Å². The lowest BCUT2D eigenvalue weighted by atomic mass is 10.2. The summed E-state index contributed by atoms with van der Waals surface area (Å²) in [4.78, 5) is 21.6. The average Bonchev–Trinajstić information content (AvgIpc) is 3.26. The van der Waals surface area contributed by atoms with Crippen molar-refractivity contribution in [2.75, 3.05) is 0 Å². The number of thioether (sulfide) groups is 1. The van der Waals surface area contributed by atoms with E-state index in [0.29, 0.717) is 38.5 Å². The van der Waals surface area contributed by atoms with E-state index in [-0.39, 0.29) is 5.56 Å². The minimum atomic E-state index is -0.0687. The van der Waals surface area contributed by atoms with Gasteiger partial charge in [0.1, 0.15) is 5.82 Å². The van der Waals surface area contributed by atoms with Crippen LogP contribution in [0.4, 0.5) is 0 Å². The zero-order valence-electron chi connectivity index (χ0n) is 17.9. The maximum absolute atomic E-state index is 12.8. The van der Waals surface area contributed by atoms with Gasteiger partial charge in [-0.3, -0.25) is 18.9 Å². The largest absolute Gasteiger partial charge is 0.299 e. The molecule has 0 aliphatic carbocycles. The predicted octanol–water partition coefficient (Wildman–Crippen LogP) is 4.83. The Morgan fingerprint density at radius 2 is 1.79 bits per heavy atom. The van der Waals surface area contributed by atoms with Crippen molar-refractivity contribution in [1.82, 2.24) is 29.3 Å². The van der Waals surface area contributed by atoms with E-state index in [1.807, 2.05) is 60.0 Å². The van der Waals surface area contributed by atoms with Crippen LogP contribution >= 0.6 is 23.4 Å². The minimum absolute atomic E-state index is 0.0687. The van der Waals surface area contributed by atoms with Gasteiger partial charge in [0.05, 0.1) is 22.3 Å². The highest BCUT2D eigenvalue weighted by molar-refractivity contribution is 7.98. The van der Waals surface area contributed by atoms with Gasteiger partial charge < -0.3 is 0 Å². The summed E-state index contributed by atoms with van der Waals surface area (Å²) in [5.41, 5.74) is 3.32. The van der Waals surface area contributed by atoms with E-state index in [1.54, 1.807) is 30.1 Å². The highest BCUT2D eigenvalue weighted by Crippen LogP contribution is 2.32. The predicted molar refractivity (Wildman–Crippen MR) is 131 cm³/mol. The van der Waals surface area contributed by atoms with Crippen molar-refractivity contribution in [3.8, 4) is 17.1 Å². The van der Waals surface area contributed by atoms with Crippen molar-refractivity contribution in [2.24, 2.45) is 7.05 Å². The molecule has 9 heteroatoms. The number of halogens is 1. The fraction of sp³-hybridized carbons (Fsp3) is 0.125. The summed E-state index contributed by atoms with van der Waals surface area (Å²) < 4.78 is 3.57. The second-order valence-corrected chi connectivity index (χ2v) is 8.81. The molecule has 0 atom stereocenters. The minimum Gasteiger partial charge on any atom is -0.299 e. The first-order chi connectivity index (χ1) is 16.0. The number of benzene rings is 2. The second-order valence-electron chi connectivity index (χ2n) is 7.46. The fourth-order valence-electron chi connectivity index (χ4n) is 3.63. The number of hydrogen-bond acceptors (Lipinski definition) is 6. The summed E-state index contributed by atoms with van der Waals surface area (Å²) in [6, 6.07) is 16.9. The third-order valence-electron chi connectivity index (χ3n) is 5.46. The molecule has 0 aliphatic rings. The van der Waals surface area contributed by atoms with Crippen LogP contribution in [-0.4, -0.2) is 29.3 Å². The topological polar surface area (TPSA) is 78.5 Å². The molecular weight excluding hydrogens is 456 g/mol. The van der Waals surface area contributed by atoms with Gasteiger partial charge in [-0.25, -0.2) is 4.98 Å². The van der Waals surface area contributed by atoms with Crippen molar-refractivity contribution in [3.05, 3.63) is 93.8 Å². The van der Waals surface area contributed by atoms with E-state index in [0.717, 1.165) is 16.8 Å². The van der Waals surface area contributed by atoms with Gasteiger partial charge in [-0.15, -0.1) is 10.2 Å². The van der Waals surface area contributed by atoms with Gasteiger partial charge in [0.15, 0.2) is 11.0 Å². The van der Waals surface area contributed by atoms with Gasteiger partial charge in [-0.1, -0.05) is 41.6 Å². The molecule has 0 radical (unpaired) electrons. The van der Waals surface area contributed by atoms with E-state index < -0.39 is 0 Å². The van der Waals surface area contributed by atoms with E-state index >= 15 is 0 Å². The summed E-state index contributed by atoms with van der Waals surface area (Å²) in [6.45, 7) is 1.97. The first kappa shape index (κ1) is 21.4. The average molecular weight is 475 g/mol. The maximum atomic E-state index is 12.8. The first-order valence-electron chi connectivity index (χ1n) is 10.2. The molecule has 0 aliphatic heterocycles. The zero-order valence-corrected chi connectivity index (χ0v) is 19.5. The van der Waals surface area contributed by atoms with Gasteiger partial charge in [-0.2, -0.15) is 0 Å². The Bertz CT molecular complexity index is 1530. The number of fused-ring (bicyclic) bond motifs is 1. The van der Waals surface area contributed by atoms with Crippen molar-refractivity contribution >= 4 is 34.3 Å². The summed E-state index contributed by atoms with van der Waals surface area (Å²) >= 11 is 7.89. The van der Waals surface area contributed by atoms with Crippen LogP contribution in [0.2, 0.25) is 5.02 Å². The molecule has 0 fully saturated rings. The van der Waals surface area contributed by atoms with Crippen LogP contribution in [0.1, 0.15) is 11.4 Å². The Kier molecular flexibility index (Phi) is 5.70. The Morgan fingerprint density at radius 1 is 1.00 bits per heavy atom. The summed E-state index contributed by atoms with van der Waals surface area (Å²) in [6.07, 6.45) is 3.45. The number of hydrogen-bond donors (Lipinski definition) is 0. The van der Waals surface area contributed by atoms with Crippen molar-refractivity contribution in [1.29, 1.82) is 0 Å². The molecule has 5 rings (SSSR count). The molecular formula is C24H19ClN6OS. The molecule has 0 amide bonds. The van der Waals surface area contributed by atoms with Crippen LogP contribution in [0.5, 0.6) is 0 Å². The van der Waals surface area contributed by atoms with E-state index in [9.17, 15) is 4.79 Å². The molecule has 0 unspecified atom stereocenters. The van der Waals surface area contributed by atoms with E-state index in [1.165, 1.54) is 11.8 Å². The Hall–Kier alpha value is -3.49. The lowest BCUT2D eigenvalue weighted by molar-refractivity contribution is 0.782. The highest BCUT2D eigenvalue weighted by Gasteiger charge is 2.19. The molecule has 2 aromatic carbocycles. The number of nitrogens with zero attached hydrogens (tertiary/aromatic N) is 6. The lowest BCUT2D eigenvalue weighted by Gasteiger charge is -2.14. The maximum Gasteiger partial charge on any atom is 0.261 e. The molecule has 5 aromatic rings. The number of para-hydroxylation sites is 1. The Balaban J connectivity index is 1.59. The van der Waals surface area contributed by atoms with E-state index in [2.05, 4.69) is 15.2 Å². The van der Waals surface area contributed by atoms with Gasteiger partial charge in [0.25, 0.3) is 5.56 Å². The molecule has 0 N–H and O–H groups in total. The second kappa shape index (κ2) is 8.80. The molecule has 0 bridgehead atoms. The van der Waals surface area contributed by atoms with Crippen LogP contribution in [-0.2, 0) is 12.8 Å². The van der Waals surface area contributed by atoms with Crippen molar-refractivity contribution < 1.29 is 0 Å². The third kappa shape index (κ3) is 3.92. The quantitative estimate of drug-likeness (QED) is 0.339. The standard InChI is InChI=1S/C24H19ClN6OS/c1-15-18(25)7-5-9-20(15)31-22(16-10-12-26-13-11-16)28-29-24(31)33-14-21-27-19-8-4-3-6-17(19)23(32)30(21)2/h3-13H,14H2,1-2H3. The zero-order chi connectivity index (χ0) is 22.9. The highest BCUT2D eigenvalue weighted by atomic mass is 35.5. The third-order valence-corrected chi connectivity index (χ3v) is 6.79. The normalized spacial score (nSPS) is 11.2. The lowest BCUT2D eigenvalue weighted by Crippen LogP contribution is -2.22. The molecule has 0 saturated carbocycles. The van der Waals surface area contributed by atoms with Gasteiger partial charge >= 0.3 is 0 Å². The monoisotopic (exact) mass is 474 g/mol. The summed E-state index contributed by atoms with van der Waals surface area (Å²) in [7, 11) is 1.74. The first-order valence-corrected chi connectivity index (χ1v) is 11.6. The Labute approximate surface area is 199 Å². The number of aromatic nitrogens is 6. The number of pyridine rings is 1. The molecule has 7 nitrogen and oxygen atoms in total. The van der Waals surface area contributed by atoms with Crippen molar-refractivity contribution in [2.45, 2.75) is 17.8 Å². The van der Waals surface area contributed by atoms with Crippen LogP contribution in [0, 0.1) is 6.92 Å². The smallest absolute Gasteiger partial charge is 0.261 e. The molecule has 164 valence electrons. The molecule has 0 saturated heterocycles. The van der Waals surface area contributed by atoms with Gasteiger partial charge in [-0.05, 0) is 48.9 Å².